The number of hydrogen-bond acceptors (Lipinski definition) is 4. The lowest BCUT2D eigenvalue weighted by molar-refractivity contribution is -0.927. The Kier molecular flexibility index (Phi) is 19.5. The summed E-state index contributed by atoms with van der Waals surface area (Å²) in [5, 5.41) is 29.1. The van der Waals surface area contributed by atoms with E-state index in [9.17, 15) is 19.5 Å². The van der Waals surface area contributed by atoms with Crippen molar-refractivity contribution in [1.82, 2.24) is 0 Å². The average Bonchev–Trinajstić information content (AvgIpc) is 2.76. The van der Waals surface area contributed by atoms with Crippen molar-refractivity contribution in [2.24, 2.45) is 0 Å². The Morgan fingerprint density at radius 2 is 1.06 bits per heavy atom. The second-order valence-corrected chi connectivity index (χ2v) is 9.23. The number of carboxylic acids is 3. The van der Waals surface area contributed by atoms with E-state index >= 15 is 0 Å². The molecule has 0 radical (unpaired) electrons. The van der Waals surface area contributed by atoms with Crippen LogP contribution in [0.1, 0.15) is 110 Å². The summed E-state index contributed by atoms with van der Waals surface area (Å²) in [7, 11) is 0. The molecule has 0 amide bonds. The maximum atomic E-state index is 11.1. The van der Waals surface area contributed by atoms with Crippen molar-refractivity contribution in [2.45, 2.75) is 110 Å². The quantitative estimate of drug-likeness (QED) is 0.122. The number of aliphatic carboxylic acids is 3. The molecule has 0 atom stereocenters. The van der Waals surface area contributed by atoms with Gasteiger partial charge in [0.1, 0.15) is 0 Å². The zero-order valence-corrected chi connectivity index (χ0v) is 20.8. The van der Waals surface area contributed by atoms with Crippen LogP contribution >= 0.6 is 0 Å². The lowest BCUT2D eigenvalue weighted by Gasteiger charge is -2.38. The maximum Gasteiger partial charge on any atom is 0.309 e. The molecule has 192 valence electrons. The summed E-state index contributed by atoms with van der Waals surface area (Å²) in [6.07, 6.45) is 19.6. The van der Waals surface area contributed by atoms with E-state index in [1.165, 1.54) is 51.4 Å². The average molecular weight is 470 g/mol. The van der Waals surface area contributed by atoms with Crippen molar-refractivity contribution in [3.8, 4) is 0 Å². The summed E-state index contributed by atoms with van der Waals surface area (Å²) in [4.78, 5) is 33.1. The highest BCUT2D eigenvalue weighted by molar-refractivity contribution is 5.67. The third-order valence-corrected chi connectivity index (χ3v) is 6.28. The van der Waals surface area contributed by atoms with Crippen LogP contribution in [-0.2, 0) is 14.4 Å². The predicted molar refractivity (Wildman–Crippen MR) is 129 cm³/mol. The van der Waals surface area contributed by atoms with E-state index in [-0.39, 0.29) is 43.4 Å². The number of hydrogen-bond donors (Lipinski definition) is 2. The Morgan fingerprint density at radius 3 is 1.52 bits per heavy atom. The minimum Gasteiger partial charge on any atom is -0.550 e. The lowest BCUT2D eigenvalue weighted by Crippen LogP contribution is -2.53. The minimum atomic E-state index is -1.19. The van der Waals surface area contributed by atoms with Crippen LogP contribution in [0, 0.1) is 0 Å². The van der Waals surface area contributed by atoms with Crippen LogP contribution in [0.5, 0.6) is 0 Å². The molecule has 0 aromatic carbocycles. The monoisotopic (exact) mass is 469 g/mol. The van der Waals surface area contributed by atoms with E-state index < -0.39 is 17.9 Å². The Labute approximate surface area is 200 Å². The number of carbonyl (C=O) groups is 3. The fourth-order valence-corrected chi connectivity index (χ4v) is 4.18. The van der Waals surface area contributed by atoms with Crippen molar-refractivity contribution in [2.75, 3.05) is 26.2 Å². The van der Waals surface area contributed by atoms with Gasteiger partial charge in [-0.25, -0.2) is 0 Å². The number of unbranched alkanes of at least 4 members (excludes halogenated alkanes) is 11. The van der Waals surface area contributed by atoms with Crippen LogP contribution < -0.4 is 5.11 Å². The zero-order valence-electron chi connectivity index (χ0n) is 20.8. The smallest absolute Gasteiger partial charge is 0.309 e. The Bertz CT molecular complexity index is 515. The number of allylic oxidation sites excluding steroid dienone is 2. The topological polar surface area (TPSA) is 115 Å². The maximum absolute atomic E-state index is 11.1. The zero-order chi connectivity index (χ0) is 24.8. The van der Waals surface area contributed by atoms with Gasteiger partial charge in [-0.1, -0.05) is 64.0 Å². The van der Waals surface area contributed by atoms with E-state index in [0.29, 0.717) is 6.54 Å². The summed E-state index contributed by atoms with van der Waals surface area (Å²) in [5.41, 5.74) is 0. The van der Waals surface area contributed by atoms with Gasteiger partial charge in [0.05, 0.1) is 39.0 Å². The molecule has 0 saturated heterocycles. The Morgan fingerprint density at radius 1 is 0.636 bits per heavy atom. The Balaban J connectivity index is 4.21. The first-order chi connectivity index (χ1) is 15.8. The summed E-state index contributed by atoms with van der Waals surface area (Å²) in [6.45, 7) is 3.53. The largest absolute Gasteiger partial charge is 0.550 e. The number of nitrogens with zero attached hydrogens (tertiary/aromatic N) is 1. The first kappa shape index (κ1) is 31.1. The number of quaternary nitrogens is 1. The Hall–Kier alpha value is -1.89. The molecule has 0 aromatic heterocycles. The highest BCUT2D eigenvalue weighted by atomic mass is 16.4. The molecule has 0 fully saturated rings. The van der Waals surface area contributed by atoms with Gasteiger partial charge in [-0.15, -0.1) is 0 Å². The number of rotatable bonds is 24. The van der Waals surface area contributed by atoms with Crippen molar-refractivity contribution in [3.63, 3.8) is 0 Å². The molecule has 0 spiro atoms. The number of carboxylic acid groups (broad SMARTS) is 3. The highest BCUT2D eigenvalue weighted by Gasteiger charge is 2.28. The molecule has 7 nitrogen and oxygen atoms in total. The standard InChI is InChI=1S/C26H47NO6/c1-2-3-4-5-6-7-8-9-10-11-12-13-14-15-16-20-27(21-17-24(28)29,22-18-25(30)31)23-19-26(32)33/h11-12H,2-10,13-23H2,1H3,(H2-,28,29,30,31,32,33)/b12-11+. The fraction of sp³-hybridized carbons (Fsp3) is 0.808. The van der Waals surface area contributed by atoms with Crippen molar-refractivity contribution in [3.05, 3.63) is 12.2 Å². The van der Waals surface area contributed by atoms with E-state index in [4.69, 9.17) is 10.2 Å². The van der Waals surface area contributed by atoms with Crippen LogP contribution in [0.15, 0.2) is 12.2 Å². The first-order valence-corrected chi connectivity index (χ1v) is 12.9. The molecule has 0 unspecified atom stereocenters. The SMILES string of the molecule is CCCCCCCCCC/C=C/CCCCC[N+](CCC(=O)[O-])(CCC(=O)O)CCC(=O)O. The van der Waals surface area contributed by atoms with Gasteiger partial charge in [-0.3, -0.25) is 9.59 Å². The van der Waals surface area contributed by atoms with Gasteiger partial charge in [0.25, 0.3) is 0 Å². The molecular weight excluding hydrogens is 422 g/mol. The van der Waals surface area contributed by atoms with Crippen LogP contribution in [0.4, 0.5) is 0 Å². The van der Waals surface area contributed by atoms with Gasteiger partial charge in [-0.05, 0) is 38.5 Å². The molecule has 0 aromatic rings. The highest BCUT2D eigenvalue weighted by Crippen LogP contribution is 2.16. The van der Waals surface area contributed by atoms with Gasteiger partial charge < -0.3 is 24.6 Å². The third-order valence-electron chi connectivity index (χ3n) is 6.28. The summed E-state index contributed by atoms with van der Waals surface area (Å²) >= 11 is 0. The summed E-state index contributed by atoms with van der Waals surface area (Å²) < 4.78 is 0.209. The third kappa shape index (κ3) is 20.4. The van der Waals surface area contributed by atoms with Crippen LogP contribution in [-0.4, -0.2) is 58.8 Å². The summed E-state index contributed by atoms with van der Waals surface area (Å²) in [5.74, 6) is -3.10. The van der Waals surface area contributed by atoms with E-state index in [2.05, 4.69) is 19.1 Å². The van der Waals surface area contributed by atoms with Crippen molar-refractivity contribution in [1.29, 1.82) is 0 Å². The van der Waals surface area contributed by atoms with Crippen LogP contribution in [0.25, 0.3) is 0 Å². The van der Waals surface area contributed by atoms with E-state index in [1.807, 2.05) is 0 Å². The normalized spacial score (nSPS) is 11.8. The van der Waals surface area contributed by atoms with E-state index in [1.54, 1.807) is 0 Å². The second kappa shape index (κ2) is 20.7. The second-order valence-electron chi connectivity index (χ2n) is 9.23. The van der Waals surface area contributed by atoms with Crippen LogP contribution in [0.3, 0.4) is 0 Å². The van der Waals surface area contributed by atoms with Crippen molar-refractivity contribution >= 4 is 17.9 Å². The van der Waals surface area contributed by atoms with Crippen molar-refractivity contribution < 1.29 is 34.2 Å². The first-order valence-electron chi connectivity index (χ1n) is 12.9. The van der Waals surface area contributed by atoms with Gasteiger partial charge >= 0.3 is 11.9 Å². The minimum absolute atomic E-state index is 0.103. The molecule has 0 heterocycles. The summed E-state index contributed by atoms with van der Waals surface area (Å²) in [6, 6.07) is 0. The molecule has 0 bridgehead atoms. The number of carbonyl (C=O) groups excluding carboxylic acids is 1. The molecule has 7 heteroatoms. The molecule has 0 rings (SSSR count). The molecular formula is C26H47NO6. The van der Waals surface area contributed by atoms with Crippen LogP contribution in [0.2, 0.25) is 0 Å². The van der Waals surface area contributed by atoms with Gasteiger partial charge in [0.2, 0.25) is 0 Å². The predicted octanol–water partition coefficient (Wildman–Crippen LogP) is 4.54. The lowest BCUT2D eigenvalue weighted by atomic mass is 10.1. The molecule has 0 aliphatic carbocycles. The molecule has 2 N–H and O–H groups in total. The molecule has 33 heavy (non-hydrogen) atoms. The molecule has 0 aliphatic rings. The van der Waals surface area contributed by atoms with Gasteiger partial charge in [-0.2, -0.15) is 0 Å². The molecule has 0 saturated carbocycles. The van der Waals surface area contributed by atoms with Gasteiger partial charge in [0, 0.05) is 12.4 Å². The fourth-order valence-electron chi connectivity index (χ4n) is 4.18. The molecule has 0 aliphatic heterocycles. The van der Waals surface area contributed by atoms with E-state index in [0.717, 1.165) is 32.1 Å². The van der Waals surface area contributed by atoms with Gasteiger partial charge in [0.15, 0.2) is 0 Å².